The summed E-state index contributed by atoms with van der Waals surface area (Å²) in [6, 6.07) is 6.20. The largest absolute Gasteiger partial charge is 0.273 e. The highest BCUT2D eigenvalue weighted by Gasteiger charge is 1.99. The quantitative estimate of drug-likeness (QED) is 0.432. The maximum atomic E-state index is 11.6. The molecule has 0 saturated carbocycles. The van der Waals surface area contributed by atoms with Gasteiger partial charge in [-0.1, -0.05) is 56.4 Å². The molecule has 0 aliphatic carbocycles. The van der Waals surface area contributed by atoms with Gasteiger partial charge in [-0.05, 0) is 31.4 Å². The van der Waals surface area contributed by atoms with Crippen molar-refractivity contribution in [2.75, 3.05) is 0 Å². The summed E-state index contributed by atoms with van der Waals surface area (Å²) in [5.41, 5.74) is 6.00. The van der Waals surface area contributed by atoms with Crippen molar-refractivity contribution in [3.63, 3.8) is 0 Å². The van der Waals surface area contributed by atoms with Crippen molar-refractivity contribution in [3.8, 4) is 0 Å². The van der Waals surface area contributed by atoms with E-state index < -0.39 is 0 Å². The van der Waals surface area contributed by atoms with E-state index in [9.17, 15) is 4.79 Å². The Morgan fingerprint density at radius 3 is 2.70 bits per heavy atom. The zero-order valence-electron chi connectivity index (χ0n) is 12.9. The number of hydrogen-bond acceptors (Lipinski definition) is 2. The lowest BCUT2D eigenvalue weighted by molar-refractivity contribution is -0.121. The minimum atomic E-state index is 0.00283. The number of benzene rings is 1. The third-order valence-electron chi connectivity index (χ3n) is 3.34. The molecule has 1 aromatic carbocycles. The van der Waals surface area contributed by atoms with Gasteiger partial charge in [0.05, 0.1) is 6.21 Å². The highest BCUT2D eigenvalue weighted by Crippen LogP contribution is 2.08. The molecule has 20 heavy (non-hydrogen) atoms. The molecule has 0 radical (unpaired) electrons. The van der Waals surface area contributed by atoms with Crippen LogP contribution in [0, 0.1) is 13.8 Å². The number of aryl methyl sites for hydroxylation is 2. The Morgan fingerprint density at radius 1 is 1.20 bits per heavy atom. The van der Waals surface area contributed by atoms with E-state index in [0.717, 1.165) is 24.0 Å². The SMILES string of the molecule is CCCCCCCC(=O)N/N=C/c1cc(C)ccc1C. The van der Waals surface area contributed by atoms with Crippen LogP contribution in [0.25, 0.3) is 0 Å². The van der Waals surface area contributed by atoms with Gasteiger partial charge in [-0.3, -0.25) is 4.79 Å². The standard InChI is InChI=1S/C17H26N2O/c1-4-5-6-7-8-9-17(20)19-18-13-16-12-14(2)10-11-15(16)3/h10-13H,4-9H2,1-3H3,(H,19,20)/b18-13+. The molecule has 0 saturated heterocycles. The van der Waals surface area contributed by atoms with Gasteiger partial charge < -0.3 is 0 Å². The molecule has 0 aliphatic rings. The monoisotopic (exact) mass is 274 g/mol. The van der Waals surface area contributed by atoms with Crippen molar-refractivity contribution in [2.24, 2.45) is 5.10 Å². The van der Waals surface area contributed by atoms with Gasteiger partial charge in [0.1, 0.15) is 0 Å². The number of hydrazone groups is 1. The highest BCUT2D eigenvalue weighted by molar-refractivity contribution is 5.84. The third kappa shape index (κ3) is 6.50. The lowest BCUT2D eigenvalue weighted by Crippen LogP contribution is -2.17. The molecule has 1 rings (SSSR count). The molecule has 1 aromatic rings. The molecule has 0 atom stereocenters. The van der Waals surface area contributed by atoms with Gasteiger partial charge in [-0.25, -0.2) is 5.43 Å². The Kier molecular flexibility index (Phi) is 7.63. The van der Waals surface area contributed by atoms with Crippen LogP contribution in [0.3, 0.4) is 0 Å². The minimum Gasteiger partial charge on any atom is -0.273 e. The van der Waals surface area contributed by atoms with Gasteiger partial charge >= 0.3 is 0 Å². The van der Waals surface area contributed by atoms with E-state index in [1.807, 2.05) is 13.8 Å². The van der Waals surface area contributed by atoms with Gasteiger partial charge in [0.2, 0.25) is 5.91 Å². The van der Waals surface area contributed by atoms with Crippen LogP contribution in [-0.2, 0) is 4.79 Å². The van der Waals surface area contributed by atoms with Crippen molar-refractivity contribution < 1.29 is 4.79 Å². The van der Waals surface area contributed by atoms with Crippen molar-refractivity contribution in [3.05, 3.63) is 34.9 Å². The van der Waals surface area contributed by atoms with Crippen LogP contribution in [-0.4, -0.2) is 12.1 Å². The fourth-order valence-corrected chi connectivity index (χ4v) is 2.02. The summed E-state index contributed by atoms with van der Waals surface area (Å²) in [7, 11) is 0. The molecular formula is C17H26N2O. The highest BCUT2D eigenvalue weighted by atomic mass is 16.2. The van der Waals surface area contributed by atoms with E-state index in [2.05, 4.69) is 35.7 Å². The Morgan fingerprint density at radius 2 is 1.95 bits per heavy atom. The second kappa shape index (κ2) is 9.29. The molecule has 0 spiro atoms. The van der Waals surface area contributed by atoms with Gasteiger partial charge in [0, 0.05) is 6.42 Å². The maximum absolute atomic E-state index is 11.6. The van der Waals surface area contributed by atoms with E-state index in [0.29, 0.717) is 6.42 Å². The van der Waals surface area contributed by atoms with Gasteiger partial charge in [0.25, 0.3) is 0 Å². The van der Waals surface area contributed by atoms with E-state index in [1.165, 1.54) is 24.8 Å². The summed E-state index contributed by atoms with van der Waals surface area (Å²) < 4.78 is 0. The zero-order valence-corrected chi connectivity index (χ0v) is 12.9. The lowest BCUT2D eigenvalue weighted by atomic mass is 10.1. The van der Waals surface area contributed by atoms with Crippen molar-refractivity contribution in [2.45, 2.75) is 59.3 Å². The summed E-state index contributed by atoms with van der Waals surface area (Å²) in [6.07, 6.45) is 8.06. The van der Waals surface area contributed by atoms with E-state index in [4.69, 9.17) is 0 Å². The first-order valence-electron chi connectivity index (χ1n) is 7.52. The topological polar surface area (TPSA) is 41.5 Å². The second-order valence-electron chi connectivity index (χ2n) is 5.32. The van der Waals surface area contributed by atoms with E-state index >= 15 is 0 Å². The second-order valence-corrected chi connectivity index (χ2v) is 5.32. The molecule has 3 nitrogen and oxygen atoms in total. The van der Waals surface area contributed by atoms with Crippen LogP contribution in [0.1, 0.15) is 62.1 Å². The molecule has 0 bridgehead atoms. The maximum Gasteiger partial charge on any atom is 0.240 e. The molecule has 1 N–H and O–H groups in total. The fraction of sp³-hybridized carbons (Fsp3) is 0.529. The normalized spacial score (nSPS) is 10.9. The molecular weight excluding hydrogens is 248 g/mol. The average Bonchev–Trinajstić information content (AvgIpc) is 2.42. The van der Waals surface area contributed by atoms with Crippen molar-refractivity contribution >= 4 is 12.1 Å². The first kappa shape index (κ1) is 16.4. The molecule has 110 valence electrons. The molecule has 0 fully saturated rings. The van der Waals surface area contributed by atoms with Crippen LogP contribution >= 0.6 is 0 Å². The summed E-state index contributed by atoms with van der Waals surface area (Å²) >= 11 is 0. The number of carbonyl (C=O) groups excluding carboxylic acids is 1. The fourth-order valence-electron chi connectivity index (χ4n) is 2.02. The molecule has 0 aliphatic heterocycles. The number of rotatable bonds is 8. The van der Waals surface area contributed by atoms with Gasteiger partial charge in [-0.15, -0.1) is 0 Å². The van der Waals surface area contributed by atoms with Gasteiger partial charge in [-0.2, -0.15) is 5.10 Å². The summed E-state index contributed by atoms with van der Waals surface area (Å²) in [5.74, 6) is 0.00283. The summed E-state index contributed by atoms with van der Waals surface area (Å²) in [4.78, 5) is 11.6. The number of nitrogens with zero attached hydrogens (tertiary/aromatic N) is 1. The summed E-state index contributed by atoms with van der Waals surface area (Å²) in [5, 5.41) is 4.03. The molecule has 3 heteroatoms. The van der Waals surface area contributed by atoms with E-state index in [-0.39, 0.29) is 5.91 Å². The van der Waals surface area contributed by atoms with Crippen LogP contribution in [0.2, 0.25) is 0 Å². The Labute approximate surface area is 122 Å². The molecule has 0 aromatic heterocycles. The first-order valence-corrected chi connectivity index (χ1v) is 7.52. The van der Waals surface area contributed by atoms with Crippen LogP contribution in [0.15, 0.2) is 23.3 Å². The molecule has 0 unspecified atom stereocenters. The third-order valence-corrected chi connectivity index (χ3v) is 3.34. The predicted molar refractivity (Wildman–Crippen MR) is 85.0 cm³/mol. The number of unbranched alkanes of at least 4 members (excludes halogenated alkanes) is 4. The first-order chi connectivity index (χ1) is 9.63. The minimum absolute atomic E-state index is 0.00283. The number of amides is 1. The van der Waals surface area contributed by atoms with Crippen LogP contribution in [0.5, 0.6) is 0 Å². The van der Waals surface area contributed by atoms with Crippen LogP contribution < -0.4 is 5.43 Å². The molecule has 1 amide bonds. The van der Waals surface area contributed by atoms with Gasteiger partial charge in [0.15, 0.2) is 0 Å². The summed E-state index contributed by atoms with van der Waals surface area (Å²) in [6.45, 7) is 6.27. The molecule has 0 heterocycles. The smallest absolute Gasteiger partial charge is 0.240 e. The Bertz CT molecular complexity index is 452. The van der Waals surface area contributed by atoms with E-state index in [1.54, 1.807) is 6.21 Å². The Hall–Kier alpha value is -1.64. The average molecular weight is 274 g/mol. The van der Waals surface area contributed by atoms with Crippen molar-refractivity contribution in [1.82, 2.24) is 5.43 Å². The van der Waals surface area contributed by atoms with Crippen molar-refractivity contribution in [1.29, 1.82) is 0 Å². The number of hydrogen-bond donors (Lipinski definition) is 1. The Balaban J connectivity index is 2.29. The zero-order chi connectivity index (χ0) is 14.8. The predicted octanol–water partition coefficient (Wildman–Crippen LogP) is 4.11. The number of nitrogens with one attached hydrogen (secondary N) is 1. The number of carbonyl (C=O) groups is 1. The lowest BCUT2D eigenvalue weighted by Gasteiger charge is -2.02. The van der Waals surface area contributed by atoms with Crippen LogP contribution in [0.4, 0.5) is 0 Å².